The van der Waals surface area contributed by atoms with E-state index in [-0.39, 0.29) is 13.1 Å². The van der Waals surface area contributed by atoms with Gasteiger partial charge >= 0.3 is 0 Å². The summed E-state index contributed by atoms with van der Waals surface area (Å²) >= 11 is 0. The summed E-state index contributed by atoms with van der Waals surface area (Å²) in [6, 6.07) is 8.79. The van der Waals surface area contributed by atoms with Gasteiger partial charge in [-0.2, -0.15) is 10.5 Å². The zero-order valence-electron chi connectivity index (χ0n) is 9.47. The van der Waals surface area contributed by atoms with Crippen LogP contribution >= 0.6 is 0 Å². The van der Waals surface area contributed by atoms with Crippen LogP contribution in [0.4, 0.5) is 5.69 Å². The number of hydrogen-bond acceptors (Lipinski definition) is 4. The van der Waals surface area contributed by atoms with Crippen LogP contribution in [0.3, 0.4) is 0 Å². The topological polar surface area (TPSA) is 93.9 Å². The number of nitriles is 2. The fraction of sp³-hybridized carbons (Fsp3) is 0.250. The van der Waals surface area contributed by atoms with Gasteiger partial charge in [0, 0.05) is 5.69 Å². The second-order valence-corrected chi connectivity index (χ2v) is 3.57. The number of hydrogen-bond donors (Lipinski definition) is 1. The van der Waals surface area contributed by atoms with Crippen LogP contribution in [0.15, 0.2) is 18.2 Å². The van der Waals surface area contributed by atoms with Crippen LogP contribution in [0.1, 0.15) is 15.9 Å². The number of benzene rings is 1. The molecule has 2 N–H and O–H groups in total. The average molecular weight is 228 g/mol. The van der Waals surface area contributed by atoms with Gasteiger partial charge in [-0.15, -0.1) is 0 Å². The highest BCUT2D eigenvalue weighted by molar-refractivity contribution is 5.99. The molecule has 0 saturated carbocycles. The predicted molar refractivity (Wildman–Crippen MR) is 62.7 cm³/mol. The molecule has 1 rings (SSSR count). The minimum absolute atomic E-state index is 0.125. The maximum atomic E-state index is 12.0. The number of carbonyl (C=O) groups is 1. The molecule has 0 saturated heterocycles. The molecule has 1 aromatic rings. The van der Waals surface area contributed by atoms with Crippen molar-refractivity contribution >= 4 is 11.6 Å². The molecular formula is C12H12N4O. The first-order valence-electron chi connectivity index (χ1n) is 4.99. The summed E-state index contributed by atoms with van der Waals surface area (Å²) in [5.74, 6) is -0.394. The van der Waals surface area contributed by atoms with Gasteiger partial charge in [0.2, 0.25) is 0 Å². The second-order valence-electron chi connectivity index (χ2n) is 3.57. The highest BCUT2D eigenvalue weighted by atomic mass is 16.2. The molecule has 86 valence electrons. The molecule has 17 heavy (non-hydrogen) atoms. The third kappa shape index (κ3) is 2.96. The molecule has 5 heteroatoms. The lowest BCUT2D eigenvalue weighted by Gasteiger charge is -2.17. The van der Waals surface area contributed by atoms with Gasteiger partial charge in [0.25, 0.3) is 5.91 Å². The van der Waals surface area contributed by atoms with Crippen molar-refractivity contribution < 1.29 is 4.79 Å². The van der Waals surface area contributed by atoms with E-state index in [0.29, 0.717) is 11.3 Å². The van der Waals surface area contributed by atoms with Gasteiger partial charge in [-0.05, 0) is 19.1 Å². The maximum Gasteiger partial charge on any atom is 0.257 e. The summed E-state index contributed by atoms with van der Waals surface area (Å²) in [7, 11) is 0. The van der Waals surface area contributed by atoms with Crippen LogP contribution in [-0.4, -0.2) is 23.9 Å². The first kappa shape index (κ1) is 12.5. The summed E-state index contributed by atoms with van der Waals surface area (Å²) in [5.41, 5.74) is 7.28. The zero-order chi connectivity index (χ0) is 12.8. The lowest BCUT2D eigenvalue weighted by Crippen LogP contribution is -2.32. The second kappa shape index (κ2) is 5.53. The zero-order valence-corrected chi connectivity index (χ0v) is 9.47. The molecule has 1 aromatic carbocycles. The van der Waals surface area contributed by atoms with Crippen LogP contribution in [0.25, 0.3) is 0 Å². The Morgan fingerprint density at radius 2 is 1.94 bits per heavy atom. The molecule has 0 spiro atoms. The fourth-order valence-corrected chi connectivity index (χ4v) is 1.40. The molecule has 0 aromatic heterocycles. The minimum atomic E-state index is -0.394. The van der Waals surface area contributed by atoms with Crippen LogP contribution in [0, 0.1) is 29.6 Å². The quantitative estimate of drug-likeness (QED) is 0.618. The number of rotatable bonds is 3. The van der Waals surface area contributed by atoms with Crippen molar-refractivity contribution in [1.82, 2.24) is 4.90 Å². The SMILES string of the molecule is Cc1ccc(N)c(C(=O)N(CC#N)CC#N)c1. The van der Waals surface area contributed by atoms with Gasteiger partial charge < -0.3 is 10.6 Å². The number of nitrogens with zero attached hydrogens (tertiary/aromatic N) is 3. The fourth-order valence-electron chi connectivity index (χ4n) is 1.40. The molecule has 0 atom stereocenters. The van der Waals surface area contributed by atoms with E-state index in [0.717, 1.165) is 10.5 Å². The van der Waals surface area contributed by atoms with Crippen molar-refractivity contribution in [2.75, 3.05) is 18.8 Å². The maximum absolute atomic E-state index is 12.0. The summed E-state index contributed by atoms with van der Waals surface area (Å²) in [6.07, 6.45) is 0. The van der Waals surface area contributed by atoms with E-state index >= 15 is 0 Å². The predicted octanol–water partition coefficient (Wildman–Crippen LogP) is 1.07. The van der Waals surface area contributed by atoms with E-state index < -0.39 is 5.91 Å². The first-order chi connectivity index (χ1) is 8.10. The largest absolute Gasteiger partial charge is 0.398 e. The number of amides is 1. The Bertz CT molecular complexity index is 494. The molecule has 0 aliphatic heterocycles. The lowest BCUT2D eigenvalue weighted by atomic mass is 10.1. The number of carbonyl (C=O) groups excluding carboxylic acids is 1. The normalized spacial score (nSPS) is 9.12. The smallest absolute Gasteiger partial charge is 0.257 e. The van der Waals surface area contributed by atoms with E-state index in [9.17, 15) is 4.79 Å². The van der Waals surface area contributed by atoms with Crippen molar-refractivity contribution in [3.63, 3.8) is 0 Å². The standard InChI is InChI=1S/C12H12N4O/c1-9-2-3-11(15)10(8-9)12(17)16(6-4-13)7-5-14/h2-3,8H,6-7,15H2,1H3. The van der Waals surface area contributed by atoms with E-state index in [1.165, 1.54) is 0 Å². The number of anilines is 1. The highest BCUT2D eigenvalue weighted by Crippen LogP contribution is 2.15. The number of aryl methyl sites for hydroxylation is 1. The van der Waals surface area contributed by atoms with Crippen molar-refractivity contribution in [2.45, 2.75) is 6.92 Å². The summed E-state index contributed by atoms with van der Waals surface area (Å²) in [4.78, 5) is 13.2. The van der Waals surface area contributed by atoms with Gasteiger partial charge in [-0.3, -0.25) is 4.79 Å². The van der Waals surface area contributed by atoms with Crippen LogP contribution in [0.2, 0.25) is 0 Å². The summed E-state index contributed by atoms with van der Waals surface area (Å²) in [6.45, 7) is 1.59. The minimum Gasteiger partial charge on any atom is -0.398 e. The summed E-state index contributed by atoms with van der Waals surface area (Å²) < 4.78 is 0. The Morgan fingerprint density at radius 3 is 2.47 bits per heavy atom. The van der Waals surface area contributed by atoms with Crippen molar-refractivity contribution in [3.8, 4) is 12.1 Å². The van der Waals surface area contributed by atoms with Gasteiger partial charge in [0.15, 0.2) is 0 Å². The molecule has 0 radical (unpaired) electrons. The first-order valence-corrected chi connectivity index (χ1v) is 4.99. The van der Waals surface area contributed by atoms with E-state index in [2.05, 4.69) is 0 Å². The molecule has 0 aliphatic carbocycles. The van der Waals surface area contributed by atoms with E-state index in [1.807, 2.05) is 19.1 Å². The van der Waals surface area contributed by atoms with E-state index in [4.69, 9.17) is 16.3 Å². The van der Waals surface area contributed by atoms with Crippen LogP contribution in [0.5, 0.6) is 0 Å². The van der Waals surface area contributed by atoms with Gasteiger partial charge in [0.05, 0.1) is 17.7 Å². The highest BCUT2D eigenvalue weighted by Gasteiger charge is 2.17. The van der Waals surface area contributed by atoms with Crippen molar-refractivity contribution in [2.24, 2.45) is 0 Å². The molecule has 1 amide bonds. The lowest BCUT2D eigenvalue weighted by molar-refractivity contribution is 0.0795. The Hall–Kier alpha value is -2.53. The van der Waals surface area contributed by atoms with Gasteiger partial charge in [0.1, 0.15) is 13.1 Å². The Labute approximate surface area is 99.7 Å². The molecule has 0 unspecified atom stereocenters. The third-order valence-electron chi connectivity index (χ3n) is 2.25. The molecule has 0 heterocycles. The molecule has 5 nitrogen and oxygen atoms in total. The Balaban J connectivity index is 3.06. The molecule has 0 bridgehead atoms. The molecule has 0 aliphatic rings. The monoisotopic (exact) mass is 228 g/mol. The third-order valence-corrected chi connectivity index (χ3v) is 2.25. The number of nitrogens with two attached hydrogens (primary N) is 1. The van der Waals surface area contributed by atoms with Crippen LogP contribution < -0.4 is 5.73 Å². The Kier molecular flexibility index (Phi) is 4.08. The van der Waals surface area contributed by atoms with Gasteiger partial charge in [-0.1, -0.05) is 11.6 Å². The van der Waals surface area contributed by atoms with Crippen molar-refractivity contribution in [3.05, 3.63) is 29.3 Å². The molecule has 0 fully saturated rings. The molecular weight excluding hydrogens is 216 g/mol. The van der Waals surface area contributed by atoms with Gasteiger partial charge in [-0.25, -0.2) is 0 Å². The van der Waals surface area contributed by atoms with Crippen molar-refractivity contribution in [1.29, 1.82) is 10.5 Å². The average Bonchev–Trinajstić information content (AvgIpc) is 2.31. The Morgan fingerprint density at radius 1 is 1.35 bits per heavy atom. The van der Waals surface area contributed by atoms with E-state index in [1.54, 1.807) is 18.2 Å². The van der Waals surface area contributed by atoms with Crippen LogP contribution in [-0.2, 0) is 0 Å². The summed E-state index contributed by atoms with van der Waals surface area (Å²) in [5, 5.41) is 17.2. The number of nitrogen functional groups attached to an aromatic ring is 1.